The number of carbonyl (C=O) groups is 2. The van der Waals surface area contributed by atoms with Gasteiger partial charge in [-0.25, -0.2) is 0 Å². The van der Waals surface area contributed by atoms with E-state index < -0.39 is 11.8 Å². The molecule has 0 atom stereocenters. The van der Waals surface area contributed by atoms with Crippen molar-refractivity contribution < 1.29 is 9.59 Å². The Hall–Kier alpha value is -1.91. The van der Waals surface area contributed by atoms with Gasteiger partial charge in [0.1, 0.15) is 0 Å². The van der Waals surface area contributed by atoms with Crippen LogP contribution in [0.25, 0.3) is 0 Å². The molecule has 12 heavy (non-hydrogen) atoms. The molecule has 5 N–H and O–H groups in total. The van der Waals surface area contributed by atoms with Gasteiger partial charge in [-0.1, -0.05) is 13.2 Å². The first-order valence-electron chi connectivity index (χ1n) is 2.73. The van der Waals surface area contributed by atoms with Gasteiger partial charge in [-0.15, -0.1) is 0 Å². The number of hydrogen-bond donors (Lipinski definition) is 3. The predicted octanol–water partition coefficient (Wildman–Crippen LogP) is -0.419. The number of nitrogens with two attached hydrogens (primary N) is 2. The molecule has 0 heterocycles. The van der Waals surface area contributed by atoms with E-state index in [9.17, 15) is 9.59 Å². The summed E-state index contributed by atoms with van der Waals surface area (Å²) in [7, 11) is 0. The number of amides is 2. The lowest BCUT2D eigenvalue weighted by molar-refractivity contribution is -0.114. The molecule has 0 radical (unpaired) electrons. The Balaban J connectivity index is -0.000000112. The van der Waals surface area contributed by atoms with Crippen molar-refractivity contribution in [1.82, 2.24) is 0 Å². The molecule has 0 aromatic carbocycles. The summed E-state index contributed by atoms with van der Waals surface area (Å²) in [6.45, 7) is 8.67. The van der Waals surface area contributed by atoms with Crippen LogP contribution in [0.4, 0.5) is 0 Å². The SMILES string of the molecule is C=CC(N)=O.C=CC(N)=O.C=N. The van der Waals surface area contributed by atoms with Gasteiger partial charge in [0.25, 0.3) is 0 Å². The smallest absolute Gasteiger partial charge is 0.240 e. The molecule has 0 aromatic heterocycles. The molecule has 5 nitrogen and oxygen atoms in total. The van der Waals surface area contributed by atoms with Crippen LogP contribution in [0.3, 0.4) is 0 Å². The van der Waals surface area contributed by atoms with Gasteiger partial charge in [-0.3, -0.25) is 9.59 Å². The Labute approximate surface area is 71.2 Å². The summed E-state index contributed by atoms with van der Waals surface area (Å²) < 4.78 is 0. The van der Waals surface area contributed by atoms with Crippen molar-refractivity contribution in [3.63, 3.8) is 0 Å². The molecule has 0 saturated heterocycles. The van der Waals surface area contributed by atoms with Gasteiger partial charge in [0.15, 0.2) is 0 Å². The molecular formula is C7H13N3O2. The summed E-state index contributed by atoms with van der Waals surface area (Å²) in [6.07, 6.45) is 2.11. The van der Waals surface area contributed by atoms with Crippen molar-refractivity contribution in [2.45, 2.75) is 0 Å². The van der Waals surface area contributed by atoms with Gasteiger partial charge in [-0.05, 0) is 18.9 Å². The van der Waals surface area contributed by atoms with Crippen molar-refractivity contribution >= 4 is 18.5 Å². The zero-order valence-electron chi connectivity index (χ0n) is 6.75. The van der Waals surface area contributed by atoms with Crippen molar-refractivity contribution in [1.29, 1.82) is 5.41 Å². The first-order chi connectivity index (χ1) is 5.54. The second-order valence-electron chi connectivity index (χ2n) is 1.21. The number of carbonyl (C=O) groups excluding carboxylic acids is 2. The number of hydrogen-bond acceptors (Lipinski definition) is 3. The molecule has 0 saturated carbocycles. The fraction of sp³-hybridized carbons (Fsp3) is 0. The van der Waals surface area contributed by atoms with Crippen LogP contribution < -0.4 is 11.5 Å². The van der Waals surface area contributed by atoms with E-state index in [1.54, 1.807) is 0 Å². The first-order valence-corrected chi connectivity index (χ1v) is 2.73. The fourth-order valence-electron chi connectivity index (χ4n) is 0. The summed E-state index contributed by atoms with van der Waals surface area (Å²) in [6, 6.07) is 0. The van der Waals surface area contributed by atoms with E-state index in [1.165, 1.54) is 0 Å². The standard InChI is InChI=1S/2C3H5NO.CH3N/c2*1-2-3(4)5;1-2/h2*2H,1H2,(H2,4,5);2H,1H2. The van der Waals surface area contributed by atoms with E-state index in [2.05, 4.69) is 31.3 Å². The predicted molar refractivity (Wildman–Crippen MR) is 48.6 cm³/mol. The highest BCUT2D eigenvalue weighted by molar-refractivity contribution is 5.85. The largest absolute Gasteiger partial charge is 0.366 e. The van der Waals surface area contributed by atoms with Crippen LogP contribution in [0, 0.1) is 5.41 Å². The van der Waals surface area contributed by atoms with E-state index >= 15 is 0 Å². The average Bonchev–Trinajstić information content (AvgIpc) is 2.09. The van der Waals surface area contributed by atoms with E-state index in [0.717, 1.165) is 12.2 Å². The molecule has 0 fully saturated rings. The first kappa shape index (κ1) is 16.6. The maximum Gasteiger partial charge on any atom is 0.240 e. The topological polar surface area (TPSA) is 110 Å². The molecule has 0 rings (SSSR count). The third-order valence-corrected chi connectivity index (χ3v) is 0.402. The summed E-state index contributed by atoms with van der Waals surface area (Å²) in [4.78, 5) is 18.9. The molecule has 0 aliphatic heterocycles. The minimum atomic E-state index is -0.481. The molecule has 0 unspecified atom stereocenters. The third kappa shape index (κ3) is 93.1. The second kappa shape index (κ2) is 16.0. The zero-order chi connectivity index (χ0) is 10.6. The second-order valence-corrected chi connectivity index (χ2v) is 1.21. The van der Waals surface area contributed by atoms with Crippen LogP contribution >= 0.6 is 0 Å². The molecule has 5 heteroatoms. The molecule has 0 aliphatic rings. The van der Waals surface area contributed by atoms with Gasteiger partial charge >= 0.3 is 0 Å². The highest BCUT2D eigenvalue weighted by Gasteiger charge is 1.69. The highest BCUT2D eigenvalue weighted by Crippen LogP contribution is 1.49. The lowest BCUT2D eigenvalue weighted by Gasteiger charge is -1.65. The minimum Gasteiger partial charge on any atom is -0.366 e. The van der Waals surface area contributed by atoms with Crippen LogP contribution in [-0.2, 0) is 9.59 Å². The Morgan fingerprint density at radius 2 is 1.08 bits per heavy atom. The van der Waals surface area contributed by atoms with Gasteiger partial charge in [0.05, 0.1) is 0 Å². The quantitative estimate of drug-likeness (QED) is 0.387. The summed E-state index contributed by atoms with van der Waals surface area (Å²) in [5.41, 5.74) is 9.07. The number of rotatable bonds is 2. The number of primary amides is 2. The highest BCUT2D eigenvalue weighted by atomic mass is 16.1. The van der Waals surface area contributed by atoms with Crippen molar-refractivity contribution in [2.75, 3.05) is 0 Å². The summed E-state index contributed by atoms with van der Waals surface area (Å²) in [5.74, 6) is -0.963. The normalized spacial score (nSPS) is 5.67. The van der Waals surface area contributed by atoms with Crippen LogP contribution in [0.5, 0.6) is 0 Å². The molecular weight excluding hydrogens is 158 g/mol. The van der Waals surface area contributed by atoms with Crippen LogP contribution in [-0.4, -0.2) is 18.5 Å². The maximum absolute atomic E-state index is 9.47. The van der Waals surface area contributed by atoms with Crippen molar-refractivity contribution in [3.8, 4) is 0 Å². The minimum absolute atomic E-state index is 0.481. The van der Waals surface area contributed by atoms with Gasteiger partial charge in [0, 0.05) is 0 Å². The molecule has 0 aromatic rings. The van der Waals surface area contributed by atoms with Crippen molar-refractivity contribution in [3.05, 3.63) is 25.3 Å². The van der Waals surface area contributed by atoms with E-state index in [1.807, 2.05) is 0 Å². The van der Waals surface area contributed by atoms with E-state index in [4.69, 9.17) is 5.41 Å². The van der Waals surface area contributed by atoms with Gasteiger partial charge < -0.3 is 16.9 Å². The number of nitrogens with one attached hydrogen (secondary N) is 1. The Bertz CT molecular complexity index is 148. The summed E-state index contributed by atoms with van der Waals surface area (Å²) in [5, 5.41) is 5.50. The monoisotopic (exact) mass is 171 g/mol. The lowest BCUT2D eigenvalue weighted by atomic mass is 10.6. The maximum atomic E-state index is 9.47. The Morgan fingerprint density at radius 1 is 1.00 bits per heavy atom. The molecule has 0 bridgehead atoms. The van der Waals surface area contributed by atoms with E-state index in [-0.39, 0.29) is 0 Å². The van der Waals surface area contributed by atoms with Crippen molar-refractivity contribution in [2.24, 2.45) is 11.5 Å². The molecule has 0 spiro atoms. The zero-order valence-corrected chi connectivity index (χ0v) is 6.75. The van der Waals surface area contributed by atoms with Crippen LogP contribution in [0.1, 0.15) is 0 Å². The molecule has 0 aliphatic carbocycles. The van der Waals surface area contributed by atoms with Gasteiger partial charge in [0.2, 0.25) is 11.8 Å². The lowest BCUT2D eigenvalue weighted by Crippen LogP contribution is -2.04. The summed E-state index contributed by atoms with van der Waals surface area (Å²) >= 11 is 0. The Kier molecular flexibility index (Phi) is 22.2. The van der Waals surface area contributed by atoms with Crippen LogP contribution in [0.15, 0.2) is 25.3 Å². The molecule has 68 valence electrons. The Morgan fingerprint density at radius 3 is 1.08 bits per heavy atom. The molecule has 2 amide bonds. The van der Waals surface area contributed by atoms with E-state index in [0.29, 0.717) is 0 Å². The average molecular weight is 171 g/mol. The van der Waals surface area contributed by atoms with Crippen LogP contribution in [0.2, 0.25) is 0 Å². The fourth-order valence-corrected chi connectivity index (χ4v) is 0. The third-order valence-electron chi connectivity index (χ3n) is 0.402. The van der Waals surface area contributed by atoms with Gasteiger partial charge in [-0.2, -0.15) is 0 Å².